The molecule has 0 spiro atoms. The zero-order chi connectivity index (χ0) is 14.9. The molecular formula is C18H27NO. The summed E-state index contributed by atoms with van der Waals surface area (Å²) in [5, 5.41) is 0. The van der Waals surface area contributed by atoms with Crippen molar-refractivity contribution < 1.29 is 4.79 Å². The van der Waals surface area contributed by atoms with Crippen molar-refractivity contribution in [1.29, 1.82) is 0 Å². The Bertz CT molecular complexity index is 465. The zero-order valence-electron chi connectivity index (χ0n) is 13.1. The van der Waals surface area contributed by atoms with Crippen molar-refractivity contribution in [1.82, 2.24) is 0 Å². The van der Waals surface area contributed by atoms with Crippen LogP contribution < -0.4 is 5.73 Å². The lowest BCUT2D eigenvalue weighted by molar-refractivity contribution is -0.129. The van der Waals surface area contributed by atoms with Gasteiger partial charge in [0.15, 0.2) is 0 Å². The summed E-state index contributed by atoms with van der Waals surface area (Å²) < 4.78 is 0. The molecule has 0 amide bonds. The molecule has 2 rings (SSSR count). The molecule has 0 aromatic heterocycles. The first-order valence-corrected chi connectivity index (χ1v) is 7.71. The summed E-state index contributed by atoms with van der Waals surface area (Å²) in [5.74, 6) is 1.92. The van der Waals surface area contributed by atoms with Crippen LogP contribution in [0.15, 0.2) is 24.3 Å². The number of hydrogen-bond donors (Lipinski definition) is 1. The third kappa shape index (κ3) is 3.05. The van der Waals surface area contributed by atoms with Crippen molar-refractivity contribution >= 4 is 11.5 Å². The summed E-state index contributed by atoms with van der Waals surface area (Å²) in [7, 11) is 0. The van der Waals surface area contributed by atoms with Gasteiger partial charge >= 0.3 is 0 Å². The number of nitrogen functional groups attached to an aromatic ring is 1. The number of carbonyl (C=O) groups excluding carboxylic acids is 1. The van der Waals surface area contributed by atoms with Crippen molar-refractivity contribution in [2.24, 2.45) is 17.8 Å². The first-order valence-electron chi connectivity index (χ1n) is 7.71. The van der Waals surface area contributed by atoms with Gasteiger partial charge in [0.05, 0.1) is 0 Å². The summed E-state index contributed by atoms with van der Waals surface area (Å²) in [4.78, 5) is 13.0. The van der Waals surface area contributed by atoms with Gasteiger partial charge in [-0.3, -0.25) is 4.79 Å². The van der Waals surface area contributed by atoms with Gasteiger partial charge in [0, 0.05) is 17.0 Å². The maximum Gasteiger partial charge on any atom is 0.145 e. The first kappa shape index (κ1) is 15.1. The van der Waals surface area contributed by atoms with E-state index in [-0.39, 0.29) is 5.92 Å². The monoisotopic (exact) mass is 273 g/mol. The Labute approximate surface area is 122 Å². The number of hydrogen-bond acceptors (Lipinski definition) is 2. The molecule has 2 nitrogen and oxygen atoms in total. The average Bonchev–Trinajstić information content (AvgIpc) is 2.37. The van der Waals surface area contributed by atoms with Crippen LogP contribution in [0.4, 0.5) is 5.69 Å². The molecular weight excluding hydrogens is 246 g/mol. The van der Waals surface area contributed by atoms with Crippen LogP contribution >= 0.6 is 0 Å². The van der Waals surface area contributed by atoms with E-state index >= 15 is 0 Å². The van der Waals surface area contributed by atoms with E-state index in [0.717, 1.165) is 24.1 Å². The molecule has 1 aliphatic rings. The summed E-state index contributed by atoms with van der Waals surface area (Å²) in [6.45, 7) is 8.63. The lowest BCUT2D eigenvalue weighted by Gasteiger charge is -2.35. The van der Waals surface area contributed by atoms with Crippen LogP contribution in [0.5, 0.6) is 0 Å². The molecule has 0 saturated heterocycles. The zero-order valence-corrected chi connectivity index (χ0v) is 13.1. The van der Waals surface area contributed by atoms with Crippen LogP contribution in [-0.2, 0) is 10.2 Å². The van der Waals surface area contributed by atoms with Crippen molar-refractivity contribution in [3.63, 3.8) is 0 Å². The molecule has 110 valence electrons. The van der Waals surface area contributed by atoms with E-state index in [2.05, 4.69) is 13.8 Å². The fourth-order valence-electron chi connectivity index (χ4n) is 3.71. The van der Waals surface area contributed by atoms with Gasteiger partial charge in [0.1, 0.15) is 5.78 Å². The highest BCUT2D eigenvalue weighted by Gasteiger charge is 2.38. The second-order valence-electron chi connectivity index (χ2n) is 7.23. The third-order valence-corrected chi connectivity index (χ3v) is 4.80. The number of Topliss-reactive ketones (excluding diaryl/α,β-unsaturated/α-hetero) is 1. The molecule has 1 fully saturated rings. The standard InChI is InChI=1S/C18H27NO/c1-12-9-13(2)11-14(10-12)17(20)18(3,4)15-5-7-16(19)8-6-15/h5-8,12-14H,9-11,19H2,1-4H3. The van der Waals surface area contributed by atoms with Crippen molar-refractivity contribution in [2.75, 3.05) is 5.73 Å². The van der Waals surface area contributed by atoms with E-state index in [9.17, 15) is 4.79 Å². The predicted molar refractivity (Wildman–Crippen MR) is 84.6 cm³/mol. The molecule has 2 unspecified atom stereocenters. The Morgan fingerprint density at radius 2 is 1.55 bits per heavy atom. The molecule has 2 N–H and O–H groups in total. The highest BCUT2D eigenvalue weighted by Crippen LogP contribution is 2.38. The molecule has 1 aromatic rings. The van der Waals surface area contributed by atoms with E-state index in [1.54, 1.807) is 0 Å². The minimum atomic E-state index is -0.421. The Hall–Kier alpha value is -1.31. The van der Waals surface area contributed by atoms with E-state index < -0.39 is 5.41 Å². The molecule has 0 radical (unpaired) electrons. The average molecular weight is 273 g/mol. The third-order valence-electron chi connectivity index (χ3n) is 4.80. The van der Waals surface area contributed by atoms with Gasteiger partial charge in [0.25, 0.3) is 0 Å². The SMILES string of the molecule is CC1CC(C)CC(C(=O)C(C)(C)c2ccc(N)cc2)C1. The van der Waals surface area contributed by atoms with Crippen LogP contribution in [0, 0.1) is 17.8 Å². The Morgan fingerprint density at radius 1 is 1.05 bits per heavy atom. The lowest BCUT2D eigenvalue weighted by Crippen LogP contribution is -2.38. The fourth-order valence-corrected chi connectivity index (χ4v) is 3.71. The second kappa shape index (κ2) is 5.59. The van der Waals surface area contributed by atoms with Crippen LogP contribution in [0.3, 0.4) is 0 Å². The molecule has 1 aliphatic carbocycles. The predicted octanol–water partition coefficient (Wildman–Crippen LogP) is 4.19. The van der Waals surface area contributed by atoms with E-state index in [4.69, 9.17) is 5.73 Å². The summed E-state index contributed by atoms with van der Waals surface area (Å²) >= 11 is 0. The molecule has 1 saturated carbocycles. The van der Waals surface area contributed by atoms with Gasteiger partial charge in [0.2, 0.25) is 0 Å². The van der Waals surface area contributed by atoms with E-state index in [1.165, 1.54) is 6.42 Å². The molecule has 0 aliphatic heterocycles. The van der Waals surface area contributed by atoms with Crippen molar-refractivity contribution in [3.05, 3.63) is 29.8 Å². The van der Waals surface area contributed by atoms with Crippen LogP contribution in [0.25, 0.3) is 0 Å². The summed E-state index contributed by atoms with van der Waals surface area (Å²) in [6.07, 6.45) is 3.34. The highest BCUT2D eigenvalue weighted by atomic mass is 16.1. The number of benzene rings is 1. The summed E-state index contributed by atoms with van der Waals surface area (Å²) in [5.41, 5.74) is 7.14. The number of carbonyl (C=O) groups is 1. The molecule has 20 heavy (non-hydrogen) atoms. The van der Waals surface area contributed by atoms with Gasteiger partial charge in [-0.15, -0.1) is 0 Å². The fraction of sp³-hybridized carbons (Fsp3) is 0.611. The number of nitrogens with two attached hydrogens (primary N) is 1. The molecule has 0 heterocycles. The minimum absolute atomic E-state index is 0.210. The number of anilines is 1. The van der Waals surface area contributed by atoms with E-state index in [0.29, 0.717) is 17.6 Å². The topological polar surface area (TPSA) is 43.1 Å². The number of ketones is 1. The lowest BCUT2D eigenvalue weighted by atomic mass is 9.68. The molecule has 2 atom stereocenters. The van der Waals surface area contributed by atoms with Gasteiger partial charge in [-0.25, -0.2) is 0 Å². The van der Waals surface area contributed by atoms with Crippen LogP contribution in [-0.4, -0.2) is 5.78 Å². The van der Waals surface area contributed by atoms with Gasteiger partial charge < -0.3 is 5.73 Å². The first-order chi connectivity index (χ1) is 9.30. The minimum Gasteiger partial charge on any atom is -0.399 e. The van der Waals surface area contributed by atoms with Gasteiger partial charge in [-0.05, 0) is 62.6 Å². The largest absolute Gasteiger partial charge is 0.399 e. The van der Waals surface area contributed by atoms with E-state index in [1.807, 2.05) is 38.1 Å². The Morgan fingerprint density at radius 3 is 2.05 bits per heavy atom. The van der Waals surface area contributed by atoms with Gasteiger partial charge in [-0.2, -0.15) is 0 Å². The highest BCUT2D eigenvalue weighted by molar-refractivity contribution is 5.91. The van der Waals surface area contributed by atoms with Crippen molar-refractivity contribution in [2.45, 2.75) is 52.4 Å². The molecule has 0 bridgehead atoms. The number of rotatable bonds is 3. The van der Waals surface area contributed by atoms with Gasteiger partial charge in [-0.1, -0.05) is 26.0 Å². The smallest absolute Gasteiger partial charge is 0.145 e. The van der Waals surface area contributed by atoms with Crippen LogP contribution in [0.1, 0.15) is 52.5 Å². The summed E-state index contributed by atoms with van der Waals surface area (Å²) in [6, 6.07) is 7.75. The Kier molecular flexibility index (Phi) is 4.22. The maximum absolute atomic E-state index is 13.0. The normalized spacial score (nSPS) is 27.3. The maximum atomic E-state index is 13.0. The molecule has 1 aromatic carbocycles. The van der Waals surface area contributed by atoms with Crippen LogP contribution in [0.2, 0.25) is 0 Å². The van der Waals surface area contributed by atoms with Crippen molar-refractivity contribution in [3.8, 4) is 0 Å². The second-order valence-corrected chi connectivity index (χ2v) is 7.23. The molecule has 2 heteroatoms. The quantitative estimate of drug-likeness (QED) is 0.839. The Balaban J connectivity index is 2.20.